The van der Waals surface area contributed by atoms with Crippen LogP contribution in [-0.4, -0.2) is 223 Å². The number of rotatable bonds is 28. The van der Waals surface area contributed by atoms with Crippen molar-refractivity contribution in [3.05, 3.63) is 253 Å². The Hall–Kier alpha value is -14.6. The molecule has 6 fully saturated rings. The average Bonchev–Trinajstić information content (AvgIpc) is 1.60. The molecule has 6 aliphatic heterocycles. The third-order valence-corrected chi connectivity index (χ3v) is 21.0. The van der Waals surface area contributed by atoms with Gasteiger partial charge < -0.3 is 88.1 Å². The van der Waals surface area contributed by atoms with E-state index in [4.69, 9.17) is 56.8 Å². The molecule has 12 unspecified atom stereocenters. The number of carboxylic acid groups (broad SMARTS) is 3. The second-order valence-electron chi connectivity index (χ2n) is 29.7. The molecule has 15 atom stereocenters. The summed E-state index contributed by atoms with van der Waals surface area (Å²) in [5, 5.41) is 44.5. The van der Waals surface area contributed by atoms with Crippen LogP contribution >= 0.6 is 0 Å². The van der Waals surface area contributed by atoms with Crippen LogP contribution in [0, 0.1) is 12.7 Å². The third-order valence-electron chi connectivity index (χ3n) is 21.0. The van der Waals surface area contributed by atoms with Crippen molar-refractivity contribution in [3.8, 4) is 17.2 Å². The Kier molecular flexibility index (Phi) is 27.5. The lowest BCUT2D eigenvalue weighted by atomic mass is 10.1. The number of nitrogens with one attached hydrogen (secondary N) is 6. The number of urea groups is 3. The lowest BCUT2D eigenvalue weighted by Crippen LogP contribution is -2.33. The number of benzene rings is 6. The highest BCUT2D eigenvalue weighted by Crippen LogP contribution is 2.46. The van der Waals surface area contributed by atoms with Crippen molar-refractivity contribution in [2.45, 2.75) is 127 Å². The fourth-order valence-corrected chi connectivity index (χ4v) is 15.2. The Bertz CT molecular complexity index is 5870. The molecule has 6 aliphatic rings. The lowest BCUT2D eigenvalue weighted by Gasteiger charge is -2.21. The number of para-hydroxylation sites is 1. The number of aromatic nitrogens is 12. The van der Waals surface area contributed by atoms with Crippen molar-refractivity contribution in [1.29, 1.82) is 0 Å². The molecule has 0 saturated carbocycles. The van der Waals surface area contributed by atoms with Gasteiger partial charge in [-0.25, -0.2) is 73.2 Å². The number of carbonyl (C=O) groups excluding carboxylic acids is 3. The summed E-state index contributed by atoms with van der Waals surface area (Å²) >= 11 is 0. The highest BCUT2D eigenvalue weighted by Gasteiger charge is 2.57. The Labute approximate surface area is 733 Å². The highest BCUT2D eigenvalue weighted by molar-refractivity contribution is 5.98. The number of aromatic carboxylic acids is 2. The maximum absolute atomic E-state index is 13.7. The van der Waals surface area contributed by atoms with E-state index in [1.165, 1.54) is 31.4 Å². The standard InChI is InChI=1S/2C30H30N6O7.C29H27FN6O7/c1-3-31-30(39)35-26-23-27(33-15-32-26)36(16-34-23)28-25-24(42-22(43-25)12-10-18-7-5-4-6-8-18)21(41-28)14-40-20-11-9-17(2)13-19(20)29(37)38;1-2-31-30(39)35-27-24-28(33-16-32-27)36(17-34-24)29-26-25(42-23(43-26)13-12-18-8-4-3-5-9-18)21(41-29)15-40-20-11-7-6-10-19(20)14-22(37)38;1-2-31-29(39)35-25-22-26(33-14-32-25)36(15-34-22)27-24-23(42-21(43-24)11-8-16-6-4-3-5-7-16)20(41-27)13-40-19-10-9-17(30)12-18(19)28(37)38/h4-13,15-16,21-22,24-25,28H,3,14H2,1-2H3,(H,37,38)(H2,31,32,33,35,39);3-13,16-17,21,23,25-26,29H,2,14-15H2,1H3,(H,37,38)(H2,31,32,33,35,39);3-12,14-15,20-21,23-24,27H,2,13H2,1H3,(H,37,38)(H2,31,32,33,35,39)/b12-10+;13-12+;11-8+/t21?,22-,24?,25?,28?;21?,23-,25?,26?,29?;20?,21-,23?,24?,27?/m000/s1. The van der Waals surface area contributed by atoms with Gasteiger partial charge in [0, 0.05) is 25.2 Å². The largest absolute Gasteiger partial charge is 0.490 e. The monoisotopic (exact) mass is 1760 g/mol. The molecule has 9 N–H and O–H groups in total. The van der Waals surface area contributed by atoms with E-state index in [0.29, 0.717) is 64.4 Å². The number of aryl methyl sites for hydroxylation is 1. The number of amides is 6. The molecule has 6 amide bonds. The number of halogens is 1. The second-order valence-corrected chi connectivity index (χ2v) is 29.7. The molecule has 40 heteroatoms. The van der Waals surface area contributed by atoms with Gasteiger partial charge in [-0.3, -0.25) is 34.4 Å². The van der Waals surface area contributed by atoms with Crippen LogP contribution in [0.3, 0.4) is 0 Å². The Morgan fingerprint density at radius 3 is 1.11 bits per heavy atom. The minimum atomic E-state index is -1.33. The van der Waals surface area contributed by atoms with Crippen LogP contribution in [0.5, 0.6) is 17.2 Å². The summed E-state index contributed by atoms with van der Waals surface area (Å²) in [5.41, 5.74) is 6.38. The summed E-state index contributed by atoms with van der Waals surface area (Å²) in [6, 6.07) is 43.2. The van der Waals surface area contributed by atoms with Gasteiger partial charge in [0.15, 0.2) is 88.5 Å². The molecule has 12 aromatic rings. The molecule has 39 nitrogen and oxygen atoms in total. The molecule has 0 aliphatic carbocycles. The SMILES string of the molecule is CCNC(=O)Nc1ncnc2c1ncn2C1OC(COc2ccc(C)cc2C(=O)O)C2O[C@H](/C=C/c3ccccc3)OC21.CCNC(=O)Nc1ncnc2c1ncn2C1OC(COc2ccc(F)cc2C(=O)O)C2O[C@H](/C=C/c3ccccc3)OC21.CCNC(=O)Nc1ncnc2c1ncn2C1OC(COc2ccccc2CC(=O)O)C2O[C@H](/C=C/c3ccccc3)OC21. The van der Waals surface area contributed by atoms with Crippen molar-refractivity contribution in [2.24, 2.45) is 0 Å². The van der Waals surface area contributed by atoms with Gasteiger partial charge in [-0.2, -0.15) is 0 Å². The quantitative estimate of drug-likeness (QED) is 0.0220. The number of carboxylic acids is 3. The van der Waals surface area contributed by atoms with Gasteiger partial charge in [-0.15, -0.1) is 0 Å². The van der Waals surface area contributed by atoms with Crippen LogP contribution in [0.2, 0.25) is 0 Å². The zero-order valence-electron chi connectivity index (χ0n) is 69.4. The number of ether oxygens (including phenoxy) is 12. The first-order chi connectivity index (χ1) is 62.8. The zero-order valence-corrected chi connectivity index (χ0v) is 69.4. The fourth-order valence-electron chi connectivity index (χ4n) is 15.2. The van der Waals surface area contributed by atoms with E-state index in [0.717, 1.165) is 34.4 Å². The van der Waals surface area contributed by atoms with Gasteiger partial charge >= 0.3 is 36.0 Å². The van der Waals surface area contributed by atoms with Gasteiger partial charge in [-0.05, 0) is 99.0 Å². The highest BCUT2D eigenvalue weighted by atomic mass is 19.1. The second kappa shape index (κ2) is 40.4. The minimum absolute atomic E-state index is 0.00506. The van der Waals surface area contributed by atoms with Crippen LogP contribution < -0.4 is 46.1 Å². The molecule has 6 saturated heterocycles. The number of anilines is 3. The van der Waals surface area contributed by atoms with Gasteiger partial charge in [-0.1, -0.05) is 139 Å². The summed E-state index contributed by atoms with van der Waals surface area (Å²) in [6.07, 6.45) is 9.96. The van der Waals surface area contributed by atoms with E-state index in [9.17, 15) is 48.5 Å². The van der Waals surface area contributed by atoms with Crippen LogP contribution in [0.4, 0.5) is 36.2 Å². The number of carbonyl (C=O) groups is 6. The van der Waals surface area contributed by atoms with Crippen LogP contribution in [0.1, 0.15) is 88.0 Å². The molecule has 0 spiro atoms. The first-order valence-corrected chi connectivity index (χ1v) is 41.1. The van der Waals surface area contributed by atoms with E-state index in [1.54, 1.807) is 81.8 Å². The maximum Gasteiger partial charge on any atom is 0.339 e. The van der Waals surface area contributed by atoms with Gasteiger partial charge in [0.1, 0.15) is 128 Å². The number of hydrogen-bond acceptors (Lipinski definition) is 27. The molecular weight excluding hydrogens is 1680 g/mol. The topological polar surface area (TPSA) is 477 Å². The Morgan fingerprint density at radius 1 is 0.403 bits per heavy atom. The molecule has 18 rings (SSSR count). The molecular formula is C89H87FN18O21. The summed E-state index contributed by atoms with van der Waals surface area (Å²) < 4.78 is 93.6. The molecule has 6 aromatic heterocycles. The smallest absolute Gasteiger partial charge is 0.339 e. The summed E-state index contributed by atoms with van der Waals surface area (Å²) in [7, 11) is 0. The van der Waals surface area contributed by atoms with E-state index in [-0.39, 0.29) is 66.3 Å². The molecule has 0 radical (unpaired) electrons. The van der Waals surface area contributed by atoms with Crippen molar-refractivity contribution in [1.82, 2.24) is 74.5 Å². The fraction of sp³-hybridized carbons (Fsp3) is 0.292. The number of hydrogen-bond donors (Lipinski definition) is 9. The van der Waals surface area contributed by atoms with Crippen LogP contribution in [-0.2, 0) is 53.8 Å². The summed E-state index contributed by atoms with van der Waals surface area (Å²) in [5.74, 6) is -2.68. The number of fused-ring (bicyclic) bond motifs is 6. The normalized spacial score (nSPS) is 23.0. The summed E-state index contributed by atoms with van der Waals surface area (Å²) in [6.45, 7) is 8.54. The first kappa shape index (κ1) is 87.8. The zero-order chi connectivity index (χ0) is 89.6. The van der Waals surface area contributed by atoms with Crippen molar-refractivity contribution in [3.63, 3.8) is 0 Å². The minimum Gasteiger partial charge on any atom is -0.490 e. The van der Waals surface area contributed by atoms with E-state index in [2.05, 4.69) is 76.8 Å². The molecule has 666 valence electrons. The average molecular weight is 1760 g/mol. The van der Waals surface area contributed by atoms with E-state index >= 15 is 0 Å². The molecule has 0 bridgehead atoms. The van der Waals surface area contributed by atoms with Crippen LogP contribution in [0.15, 0.2) is 208 Å². The third kappa shape index (κ3) is 20.4. The van der Waals surface area contributed by atoms with E-state index in [1.807, 2.05) is 142 Å². The van der Waals surface area contributed by atoms with Crippen LogP contribution in [0.25, 0.3) is 51.7 Å². The molecule has 12 heterocycles. The van der Waals surface area contributed by atoms with Gasteiger partial charge in [0.05, 0.1) is 25.4 Å². The maximum atomic E-state index is 13.7. The molecule has 129 heavy (non-hydrogen) atoms. The van der Waals surface area contributed by atoms with Gasteiger partial charge in [0.25, 0.3) is 0 Å². The van der Waals surface area contributed by atoms with Gasteiger partial charge in [0.2, 0.25) is 0 Å². The Balaban J connectivity index is 0.000000142. The molecule has 6 aromatic carbocycles. The van der Waals surface area contributed by atoms with Crippen molar-refractivity contribution >= 4 is 105 Å². The predicted molar refractivity (Wildman–Crippen MR) is 459 cm³/mol. The number of aliphatic carboxylic acids is 1. The summed E-state index contributed by atoms with van der Waals surface area (Å²) in [4.78, 5) is 110. The van der Waals surface area contributed by atoms with Crippen molar-refractivity contribution < 1.29 is 105 Å². The predicted octanol–water partition coefficient (Wildman–Crippen LogP) is 10.8. The Morgan fingerprint density at radius 2 is 0.744 bits per heavy atom. The van der Waals surface area contributed by atoms with Crippen molar-refractivity contribution in [2.75, 3.05) is 55.4 Å². The lowest BCUT2D eigenvalue weighted by molar-refractivity contribution is -0.136. The first-order valence-electron chi connectivity index (χ1n) is 41.1. The van der Waals surface area contributed by atoms with E-state index < -0.39 is 134 Å². The number of nitrogens with zero attached hydrogens (tertiary/aromatic N) is 12. The number of imidazole rings is 3.